The van der Waals surface area contributed by atoms with Crippen molar-refractivity contribution in [2.24, 2.45) is 0 Å². The van der Waals surface area contributed by atoms with Gasteiger partial charge in [0.05, 0.1) is 26.7 Å². The standard InChI is InChI=1S/C23H16Cl4FNO3/c1-3-29(2)22(30)14-10-20-21(11-19(14)28)32-23(31-20,15-6-4-12(24)8-17(15)26)16-7-5-13(25)9-18(16)27/h4-11H,3H2,1-2H3. The maximum absolute atomic E-state index is 14.8. The molecule has 0 saturated heterocycles. The fourth-order valence-electron chi connectivity index (χ4n) is 3.42. The molecule has 0 saturated carbocycles. The maximum Gasteiger partial charge on any atom is 0.308 e. The first-order chi connectivity index (χ1) is 15.2. The van der Waals surface area contributed by atoms with E-state index in [0.717, 1.165) is 6.07 Å². The molecule has 0 N–H and O–H groups in total. The second-order valence-electron chi connectivity index (χ2n) is 7.17. The summed E-state index contributed by atoms with van der Waals surface area (Å²) in [6, 6.07) is 12.0. The number of benzene rings is 3. The van der Waals surface area contributed by atoms with Gasteiger partial charge in [0.1, 0.15) is 5.82 Å². The monoisotopic (exact) mass is 513 g/mol. The van der Waals surface area contributed by atoms with Gasteiger partial charge in [0, 0.05) is 29.7 Å². The molecule has 0 fully saturated rings. The second kappa shape index (κ2) is 8.64. The van der Waals surface area contributed by atoms with Crippen molar-refractivity contribution in [1.29, 1.82) is 0 Å². The molecule has 1 aliphatic rings. The van der Waals surface area contributed by atoms with Crippen molar-refractivity contribution in [2.45, 2.75) is 12.7 Å². The Morgan fingerprint density at radius 2 is 1.41 bits per heavy atom. The first-order valence-corrected chi connectivity index (χ1v) is 11.1. The fraction of sp³-hybridized carbons (Fsp3) is 0.174. The topological polar surface area (TPSA) is 38.8 Å². The van der Waals surface area contributed by atoms with Crippen LogP contribution in [0.5, 0.6) is 11.5 Å². The van der Waals surface area contributed by atoms with Gasteiger partial charge in [-0.25, -0.2) is 4.39 Å². The highest BCUT2D eigenvalue weighted by molar-refractivity contribution is 6.36. The number of hydrogen-bond donors (Lipinski definition) is 0. The van der Waals surface area contributed by atoms with E-state index >= 15 is 0 Å². The second-order valence-corrected chi connectivity index (χ2v) is 8.85. The molecule has 9 heteroatoms. The lowest BCUT2D eigenvalue weighted by Gasteiger charge is -2.30. The third-order valence-electron chi connectivity index (χ3n) is 5.16. The number of fused-ring (bicyclic) bond motifs is 1. The van der Waals surface area contributed by atoms with Crippen LogP contribution in [0.3, 0.4) is 0 Å². The van der Waals surface area contributed by atoms with E-state index in [1.807, 2.05) is 0 Å². The molecule has 0 bridgehead atoms. The highest BCUT2D eigenvalue weighted by Gasteiger charge is 2.49. The molecule has 0 unspecified atom stereocenters. The Labute approximate surface area is 204 Å². The number of ether oxygens (including phenoxy) is 2. The smallest absolute Gasteiger partial charge is 0.308 e. The van der Waals surface area contributed by atoms with E-state index in [9.17, 15) is 9.18 Å². The summed E-state index contributed by atoms with van der Waals surface area (Å²) < 4.78 is 27.3. The summed E-state index contributed by atoms with van der Waals surface area (Å²) in [4.78, 5) is 14.0. The third kappa shape index (κ3) is 3.88. The summed E-state index contributed by atoms with van der Waals surface area (Å²) in [7, 11) is 1.58. The van der Waals surface area contributed by atoms with E-state index in [0.29, 0.717) is 27.7 Å². The van der Waals surface area contributed by atoms with E-state index in [-0.39, 0.29) is 27.1 Å². The number of carbonyl (C=O) groups excluding carboxylic acids is 1. The zero-order chi connectivity index (χ0) is 23.2. The first kappa shape index (κ1) is 23.0. The highest BCUT2D eigenvalue weighted by Crippen LogP contribution is 2.51. The first-order valence-electron chi connectivity index (χ1n) is 9.54. The SMILES string of the molecule is CCN(C)C(=O)c1cc2c(cc1F)OC(c1ccc(Cl)cc1Cl)(c1ccc(Cl)cc1Cl)O2. The Bertz CT molecular complexity index is 1180. The lowest BCUT2D eigenvalue weighted by Crippen LogP contribution is -2.37. The number of halogens is 5. The lowest BCUT2D eigenvalue weighted by atomic mass is 9.97. The Hall–Kier alpha value is -2.18. The van der Waals surface area contributed by atoms with Crippen molar-refractivity contribution >= 4 is 52.3 Å². The van der Waals surface area contributed by atoms with E-state index in [1.165, 1.54) is 23.1 Å². The van der Waals surface area contributed by atoms with Crippen LogP contribution in [-0.2, 0) is 5.79 Å². The van der Waals surface area contributed by atoms with Crippen molar-refractivity contribution in [1.82, 2.24) is 4.90 Å². The van der Waals surface area contributed by atoms with Crippen LogP contribution in [0.15, 0.2) is 48.5 Å². The molecule has 4 rings (SSSR count). The minimum absolute atomic E-state index is 0.0928. The van der Waals surface area contributed by atoms with Gasteiger partial charge in [-0.2, -0.15) is 0 Å². The van der Waals surface area contributed by atoms with Gasteiger partial charge in [-0.15, -0.1) is 0 Å². The van der Waals surface area contributed by atoms with E-state index in [2.05, 4.69) is 0 Å². The number of rotatable bonds is 4. The molecule has 32 heavy (non-hydrogen) atoms. The van der Waals surface area contributed by atoms with Gasteiger partial charge in [0.15, 0.2) is 11.5 Å². The van der Waals surface area contributed by atoms with Gasteiger partial charge in [0.25, 0.3) is 5.91 Å². The predicted octanol–water partition coefficient (Wildman–Crippen LogP) is 7.20. The molecule has 0 aliphatic carbocycles. The van der Waals surface area contributed by atoms with E-state index < -0.39 is 17.5 Å². The molecular formula is C23H16Cl4FNO3. The van der Waals surface area contributed by atoms with Crippen LogP contribution in [-0.4, -0.2) is 24.4 Å². The van der Waals surface area contributed by atoms with E-state index in [4.69, 9.17) is 55.9 Å². The Morgan fingerprint density at radius 3 is 1.88 bits per heavy atom. The zero-order valence-corrected chi connectivity index (χ0v) is 19.9. The van der Waals surface area contributed by atoms with Gasteiger partial charge >= 0.3 is 5.79 Å². The summed E-state index contributed by atoms with van der Waals surface area (Å²) in [5.41, 5.74) is 0.641. The molecule has 0 aromatic heterocycles. The number of carbonyl (C=O) groups is 1. The minimum Gasteiger partial charge on any atom is -0.440 e. The van der Waals surface area contributed by atoms with Crippen molar-refractivity contribution in [3.63, 3.8) is 0 Å². The summed E-state index contributed by atoms with van der Waals surface area (Å²) in [5.74, 6) is -2.62. The largest absolute Gasteiger partial charge is 0.440 e. The lowest BCUT2D eigenvalue weighted by molar-refractivity contribution is -0.0457. The van der Waals surface area contributed by atoms with Crippen molar-refractivity contribution in [2.75, 3.05) is 13.6 Å². The average molecular weight is 515 g/mol. The van der Waals surface area contributed by atoms with Crippen LogP contribution >= 0.6 is 46.4 Å². The fourth-order valence-corrected chi connectivity index (χ4v) is 4.48. The van der Waals surface area contributed by atoms with Crippen molar-refractivity contribution in [3.8, 4) is 11.5 Å². The third-order valence-corrected chi connectivity index (χ3v) is 6.26. The molecule has 1 aliphatic heterocycles. The van der Waals surface area contributed by atoms with Gasteiger partial charge in [-0.05, 0) is 49.4 Å². The summed E-state index contributed by atoms with van der Waals surface area (Å²) in [6.45, 7) is 2.20. The molecule has 0 spiro atoms. The van der Waals surface area contributed by atoms with Crippen LogP contribution in [0.4, 0.5) is 4.39 Å². The van der Waals surface area contributed by atoms with Crippen molar-refractivity contribution in [3.05, 3.63) is 91.1 Å². The van der Waals surface area contributed by atoms with Crippen LogP contribution in [0.2, 0.25) is 20.1 Å². The Balaban J connectivity index is 1.91. The Kier molecular flexibility index (Phi) is 6.21. The van der Waals surface area contributed by atoms with Gasteiger partial charge < -0.3 is 14.4 Å². The molecule has 1 amide bonds. The zero-order valence-electron chi connectivity index (χ0n) is 16.9. The van der Waals surface area contributed by atoms with Gasteiger partial charge in [-0.1, -0.05) is 46.4 Å². The summed E-state index contributed by atoms with van der Waals surface area (Å²) in [6.07, 6.45) is 0. The van der Waals surface area contributed by atoms with Crippen LogP contribution in [0, 0.1) is 5.82 Å². The molecule has 0 atom stereocenters. The van der Waals surface area contributed by atoms with Gasteiger partial charge in [0.2, 0.25) is 0 Å². The van der Waals surface area contributed by atoms with Crippen LogP contribution < -0.4 is 9.47 Å². The summed E-state index contributed by atoms with van der Waals surface area (Å²) >= 11 is 25.2. The molecule has 4 nitrogen and oxygen atoms in total. The summed E-state index contributed by atoms with van der Waals surface area (Å²) in [5, 5.41) is 1.32. The molecule has 3 aromatic carbocycles. The predicted molar refractivity (Wildman–Crippen MR) is 124 cm³/mol. The number of nitrogens with zero attached hydrogens (tertiary/aromatic N) is 1. The Morgan fingerprint density at radius 1 is 0.906 bits per heavy atom. The normalized spacial score (nSPS) is 13.8. The van der Waals surface area contributed by atoms with E-state index in [1.54, 1.807) is 38.2 Å². The molecule has 1 heterocycles. The molecule has 166 valence electrons. The average Bonchev–Trinajstić information content (AvgIpc) is 3.10. The van der Waals surface area contributed by atoms with Crippen LogP contribution in [0.1, 0.15) is 28.4 Å². The molecule has 3 aromatic rings. The molecule has 0 radical (unpaired) electrons. The van der Waals surface area contributed by atoms with Gasteiger partial charge in [-0.3, -0.25) is 4.79 Å². The highest BCUT2D eigenvalue weighted by atomic mass is 35.5. The van der Waals surface area contributed by atoms with Crippen LogP contribution in [0.25, 0.3) is 0 Å². The number of amides is 1. The number of hydrogen-bond acceptors (Lipinski definition) is 3. The maximum atomic E-state index is 14.8. The molecular weight excluding hydrogens is 499 g/mol. The van der Waals surface area contributed by atoms with Crippen molar-refractivity contribution < 1.29 is 18.7 Å². The quantitative estimate of drug-likeness (QED) is 0.369. The minimum atomic E-state index is -1.66.